The van der Waals surface area contributed by atoms with Crippen molar-refractivity contribution in [3.8, 4) is 44.5 Å². The molecule has 0 aromatic heterocycles. The van der Waals surface area contributed by atoms with Crippen LogP contribution in [0.25, 0.3) is 44.5 Å². The van der Waals surface area contributed by atoms with Gasteiger partial charge in [0.15, 0.2) is 0 Å². The van der Waals surface area contributed by atoms with Crippen LogP contribution >= 0.6 is 0 Å². The molecule has 0 spiro atoms. The predicted octanol–water partition coefficient (Wildman–Crippen LogP) is 38.5. The van der Waals surface area contributed by atoms with E-state index in [9.17, 15) is 0 Å². The largest absolute Gasteiger partial charge is 0.372 e. The topological polar surface area (TPSA) is 25.9 Å². The van der Waals surface area contributed by atoms with Gasteiger partial charge in [0.25, 0.3) is 0 Å². The van der Waals surface area contributed by atoms with Crippen molar-refractivity contribution in [3.05, 3.63) is 332 Å². The zero-order chi connectivity index (χ0) is 108. The van der Waals surface area contributed by atoms with E-state index in [1.807, 2.05) is 166 Å². The molecule has 12 aromatic rings. The molecular formula is C136H208N8. The number of hydrogen-bond donors (Lipinski definition) is 0. The predicted molar refractivity (Wildman–Crippen MR) is 660 cm³/mol. The van der Waals surface area contributed by atoms with E-state index < -0.39 is 0 Å². The van der Waals surface area contributed by atoms with Gasteiger partial charge in [-0.05, 0) is 368 Å². The number of nitrogens with zero attached hydrogens (tertiary/aromatic N) is 8. The molecule has 4 aliphatic carbocycles. The number of anilines is 8. The van der Waals surface area contributed by atoms with Crippen LogP contribution in [0.4, 0.5) is 45.5 Å². The second-order valence-corrected chi connectivity index (χ2v) is 32.7. The van der Waals surface area contributed by atoms with E-state index in [1.165, 1.54) is 179 Å². The molecule has 4 aliphatic rings. The second kappa shape index (κ2) is 75.7. The first-order chi connectivity index (χ1) is 70.7. The molecule has 144 heavy (non-hydrogen) atoms. The minimum absolute atomic E-state index is 0.971. The maximum absolute atomic E-state index is 2.46. The van der Waals surface area contributed by atoms with E-state index in [1.54, 1.807) is 0 Å². The van der Waals surface area contributed by atoms with Gasteiger partial charge >= 0.3 is 0 Å². The van der Waals surface area contributed by atoms with Gasteiger partial charge in [-0.2, -0.15) is 0 Å². The van der Waals surface area contributed by atoms with Gasteiger partial charge in [0.1, 0.15) is 0 Å². The molecule has 0 N–H and O–H groups in total. The molecule has 792 valence electrons. The number of fused-ring (bicyclic) bond motifs is 12. The van der Waals surface area contributed by atoms with Gasteiger partial charge in [0.05, 0.1) is 0 Å². The lowest BCUT2D eigenvalue weighted by Crippen LogP contribution is -2.25. The van der Waals surface area contributed by atoms with E-state index in [2.05, 4.69) is 393 Å². The van der Waals surface area contributed by atoms with E-state index in [0.29, 0.717) is 0 Å². The van der Waals surface area contributed by atoms with E-state index >= 15 is 0 Å². The summed E-state index contributed by atoms with van der Waals surface area (Å²) in [4.78, 5) is 19.7. The summed E-state index contributed by atoms with van der Waals surface area (Å²) >= 11 is 0. The van der Waals surface area contributed by atoms with Crippen LogP contribution in [0.15, 0.2) is 243 Å². The van der Waals surface area contributed by atoms with E-state index in [-0.39, 0.29) is 0 Å². The van der Waals surface area contributed by atoms with Crippen LogP contribution in [0.1, 0.15) is 366 Å². The summed E-state index contributed by atoms with van der Waals surface area (Å²) in [5.74, 6) is 0. The standard InChI is InChI=1S/4C28H34N2.12C2H6/c1-5-29(6-2)25-17-21(18-26(20-25)30(7-3)8-4)16-23-13-11-14-24-19-22-12-9-10-15-27(22)28(23)24;1-5-29(6-2)24-17-21(18-25(20-24)30(7-3)8-4)16-22-13-11-15-27-26-14-10-9-12-23(26)19-28(22)27;1-5-29(6-2)25-16-22(17-26(20-25)30(7-3)8-4)15-21-13-14-24-19-23-11-9-10-12-27(23)28(24)18-21;1-5-29(6-2)25-17-22(18-26(20-25)30(7-3)8-4)15-21-13-14-28-24(16-21)19-23-11-9-10-12-27(23)28;12*1-2/h2*9-15,17-18,20H,5-8,16,19H2,1-4H3;2*9-14,16-18,20H,5-8,15,19H2,1-4H3;12*1-2H3. The number of benzene rings is 12. The van der Waals surface area contributed by atoms with Crippen molar-refractivity contribution < 1.29 is 0 Å². The maximum Gasteiger partial charge on any atom is 0.0389 e. The Morgan fingerprint density at radius 1 is 0.153 bits per heavy atom. The van der Waals surface area contributed by atoms with Crippen LogP contribution in [0, 0.1) is 0 Å². The Labute approximate surface area is 888 Å². The van der Waals surface area contributed by atoms with E-state index in [4.69, 9.17) is 0 Å². The Bertz CT molecular complexity index is 5260. The monoisotopic (exact) mass is 1950 g/mol. The highest BCUT2D eigenvalue weighted by atomic mass is 15.2. The summed E-state index contributed by atoms with van der Waals surface area (Å²) in [6.07, 6.45) is 8.15. The van der Waals surface area contributed by atoms with Gasteiger partial charge in [-0.25, -0.2) is 0 Å². The summed E-state index contributed by atoms with van der Waals surface area (Å²) < 4.78 is 0. The minimum atomic E-state index is 0.971. The first-order valence-corrected chi connectivity index (χ1v) is 58.0. The van der Waals surface area contributed by atoms with Crippen molar-refractivity contribution in [2.75, 3.05) is 144 Å². The summed E-state index contributed by atoms with van der Waals surface area (Å²) in [6.45, 7) is 100. The Morgan fingerprint density at radius 3 is 0.715 bits per heavy atom. The zero-order valence-electron chi connectivity index (χ0n) is 99.6. The van der Waals surface area contributed by atoms with Crippen LogP contribution < -0.4 is 39.2 Å². The third-order valence-corrected chi connectivity index (χ3v) is 26.1. The maximum atomic E-state index is 2.46. The van der Waals surface area contributed by atoms with Crippen molar-refractivity contribution in [3.63, 3.8) is 0 Å². The fraction of sp³-hybridized carbons (Fsp3) is 0.471. The van der Waals surface area contributed by atoms with Crippen LogP contribution in [-0.4, -0.2) is 105 Å². The molecule has 16 rings (SSSR count). The fourth-order valence-electron chi connectivity index (χ4n) is 19.5. The second-order valence-electron chi connectivity index (χ2n) is 32.7. The van der Waals surface area contributed by atoms with Crippen LogP contribution in [0.2, 0.25) is 0 Å². The average Bonchev–Trinajstić information content (AvgIpc) is 1.66. The summed E-state index contributed by atoms with van der Waals surface area (Å²) in [5, 5.41) is 0. The molecule has 0 heterocycles. The molecule has 8 heteroatoms. The van der Waals surface area contributed by atoms with Crippen molar-refractivity contribution in [1.29, 1.82) is 0 Å². The Hall–Kier alpha value is -11.0. The first kappa shape index (κ1) is 131. The third-order valence-electron chi connectivity index (χ3n) is 26.1. The van der Waals surface area contributed by atoms with Crippen molar-refractivity contribution in [2.24, 2.45) is 0 Å². The molecular weight excluding hydrogens is 1750 g/mol. The molecule has 0 aliphatic heterocycles. The van der Waals surface area contributed by atoms with Gasteiger partial charge in [-0.15, -0.1) is 0 Å². The SMILES string of the molecule is CC.CC.CC.CC.CC.CC.CC.CC.CC.CC.CC.CC.CCN(CC)c1cc(Cc2ccc3c(c2)-c2ccccc2C3)cc(N(CC)CC)c1.CCN(CC)c1cc(Cc2ccc3c(c2)Cc2ccccc2-3)cc(N(CC)CC)c1.CCN(CC)c1cc(Cc2cccc3c2-c2ccccc2C3)cc(N(CC)CC)c1.CCN(CC)c1cc(Cc2cccc3c2Cc2ccccc2-3)cc(N(CC)CC)c1. The van der Waals surface area contributed by atoms with Gasteiger partial charge in [-0.1, -0.05) is 336 Å². The Morgan fingerprint density at radius 2 is 0.375 bits per heavy atom. The van der Waals surface area contributed by atoms with Crippen molar-refractivity contribution >= 4 is 45.5 Å². The van der Waals surface area contributed by atoms with Crippen LogP contribution in [-0.2, 0) is 51.4 Å². The first-order valence-electron chi connectivity index (χ1n) is 58.0. The molecule has 8 nitrogen and oxygen atoms in total. The summed E-state index contributed by atoms with van der Waals surface area (Å²) in [5.41, 5.74) is 45.2. The fourth-order valence-corrected chi connectivity index (χ4v) is 19.5. The van der Waals surface area contributed by atoms with Crippen molar-refractivity contribution in [2.45, 2.75) is 328 Å². The molecule has 0 radical (unpaired) electrons. The van der Waals surface area contributed by atoms with Crippen LogP contribution in [0.3, 0.4) is 0 Å². The molecule has 0 fully saturated rings. The van der Waals surface area contributed by atoms with Gasteiger partial charge in [-0.3, -0.25) is 0 Å². The van der Waals surface area contributed by atoms with Crippen LogP contribution in [0.5, 0.6) is 0 Å². The summed E-state index contributed by atoms with van der Waals surface area (Å²) in [6, 6.07) is 91.9. The number of rotatable bonds is 32. The van der Waals surface area contributed by atoms with E-state index in [0.717, 1.165) is 156 Å². The number of hydrogen-bond acceptors (Lipinski definition) is 8. The molecule has 0 atom stereocenters. The van der Waals surface area contributed by atoms with Gasteiger partial charge < -0.3 is 39.2 Å². The molecule has 0 saturated carbocycles. The third kappa shape index (κ3) is 36.3. The Balaban J connectivity index is 0.000000895. The Kier molecular flexibility index (Phi) is 68.9. The van der Waals surface area contributed by atoms with Gasteiger partial charge in [0, 0.05) is 150 Å². The zero-order valence-corrected chi connectivity index (χ0v) is 99.6. The molecule has 0 saturated heterocycles. The highest BCUT2D eigenvalue weighted by molar-refractivity contribution is 5.83. The summed E-state index contributed by atoms with van der Waals surface area (Å²) in [7, 11) is 0. The lowest BCUT2D eigenvalue weighted by molar-refractivity contribution is 0.849. The lowest BCUT2D eigenvalue weighted by Gasteiger charge is -2.27. The smallest absolute Gasteiger partial charge is 0.0389 e. The molecule has 0 amide bonds. The minimum Gasteiger partial charge on any atom is -0.372 e. The van der Waals surface area contributed by atoms with Crippen molar-refractivity contribution in [1.82, 2.24) is 0 Å². The molecule has 0 unspecified atom stereocenters. The lowest BCUT2D eigenvalue weighted by atomic mass is 9.94. The highest BCUT2D eigenvalue weighted by Gasteiger charge is 2.26. The normalized spacial score (nSPS) is 10.4. The molecule has 12 aromatic carbocycles. The average molecular weight is 1960 g/mol. The highest BCUT2D eigenvalue weighted by Crippen LogP contribution is 2.44. The van der Waals surface area contributed by atoms with Gasteiger partial charge in [0.2, 0.25) is 0 Å². The molecule has 0 bridgehead atoms. The quantitative estimate of drug-likeness (QED) is 0.0412.